The highest BCUT2D eigenvalue weighted by Gasteiger charge is 2.56. The van der Waals surface area contributed by atoms with Crippen LogP contribution in [0.5, 0.6) is 0 Å². The van der Waals surface area contributed by atoms with E-state index in [0.29, 0.717) is 29.8 Å². The van der Waals surface area contributed by atoms with Crippen molar-refractivity contribution in [2.24, 2.45) is 23.7 Å². The molecule has 0 radical (unpaired) electrons. The first-order valence-electron chi connectivity index (χ1n) is 6.65. The number of esters is 1. The minimum Gasteiger partial charge on any atom is -0.459 e. The number of hydrogen-bond acceptors (Lipinski definition) is 3. The van der Waals surface area contributed by atoms with E-state index in [9.17, 15) is 4.79 Å². The van der Waals surface area contributed by atoms with E-state index in [1.165, 1.54) is 12.5 Å². The molecule has 17 heavy (non-hydrogen) atoms. The first-order chi connectivity index (χ1) is 8.20. The lowest BCUT2D eigenvalue weighted by Crippen LogP contribution is -2.43. The summed E-state index contributed by atoms with van der Waals surface area (Å²) in [5, 5.41) is 0. The van der Waals surface area contributed by atoms with Crippen LogP contribution in [0.4, 0.5) is 0 Å². The molecule has 6 unspecified atom stereocenters. The second kappa shape index (κ2) is 4.13. The van der Waals surface area contributed by atoms with Gasteiger partial charge < -0.3 is 9.47 Å². The Morgan fingerprint density at radius 3 is 3.00 bits per heavy atom. The fourth-order valence-electron chi connectivity index (χ4n) is 4.44. The Kier molecular flexibility index (Phi) is 2.74. The van der Waals surface area contributed by atoms with Gasteiger partial charge in [0.2, 0.25) is 0 Å². The van der Waals surface area contributed by atoms with Gasteiger partial charge >= 0.3 is 5.97 Å². The van der Waals surface area contributed by atoms with Crippen LogP contribution >= 0.6 is 0 Å². The lowest BCUT2D eigenvalue weighted by Gasteiger charge is -2.41. The number of fused-ring (bicyclic) bond motifs is 5. The molecule has 2 saturated carbocycles. The Morgan fingerprint density at radius 2 is 2.24 bits per heavy atom. The second-order valence-electron chi connectivity index (χ2n) is 5.68. The van der Waals surface area contributed by atoms with Crippen molar-refractivity contribution in [3.05, 3.63) is 12.7 Å². The van der Waals surface area contributed by atoms with E-state index in [2.05, 4.69) is 13.5 Å². The van der Waals surface area contributed by atoms with Gasteiger partial charge in [0.15, 0.2) is 0 Å². The highest BCUT2D eigenvalue weighted by molar-refractivity contribution is 5.81. The zero-order valence-electron chi connectivity index (χ0n) is 10.3. The molecular formula is C14H20O3. The highest BCUT2D eigenvalue weighted by Crippen LogP contribution is 2.57. The van der Waals surface area contributed by atoms with Gasteiger partial charge in [0.05, 0.1) is 6.10 Å². The van der Waals surface area contributed by atoms with Gasteiger partial charge in [0, 0.05) is 12.7 Å². The van der Waals surface area contributed by atoms with Crippen LogP contribution < -0.4 is 0 Å². The predicted molar refractivity (Wildman–Crippen MR) is 63.3 cm³/mol. The summed E-state index contributed by atoms with van der Waals surface area (Å²) in [6.45, 7) is 6.53. The Labute approximate surface area is 102 Å². The summed E-state index contributed by atoms with van der Waals surface area (Å²) in [7, 11) is 0. The van der Waals surface area contributed by atoms with Crippen molar-refractivity contribution in [1.82, 2.24) is 0 Å². The van der Waals surface area contributed by atoms with Crippen molar-refractivity contribution in [2.75, 3.05) is 6.61 Å². The molecule has 1 saturated heterocycles. The number of carbonyl (C=O) groups is 1. The first kappa shape index (κ1) is 11.3. The van der Waals surface area contributed by atoms with Crippen LogP contribution in [0.15, 0.2) is 12.7 Å². The molecule has 0 aromatic heterocycles. The summed E-state index contributed by atoms with van der Waals surface area (Å²) in [4.78, 5) is 11.3. The van der Waals surface area contributed by atoms with E-state index >= 15 is 0 Å². The Morgan fingerprint density at radius 1 is 1.41 bits per heavy atom. The highest BCUT2D eigenvalue weighted by atomic mass is 16.5. The lowest BCUT2D eigenvalue weighted by molar-refractivity contribution is -0.151. The Bertz CT molecular complexity index is 338. The summed E-state index contributed by atoms with van der Waals surface area (Å²) < 4.78 is 11.2. The van der Waals surface area contributed by atoms with Crippen LogP contribution in [0, 0.1) is 23.7 Å². The van der Waals surface area contributed by atoms with Crippen LogP contribution in [0.1, 0.15) is 26.2 Å². The molecule has 0 amide bonds. The van der Waals surface area contributed by atoms with Gasteiger partial charge in [0.25, 0.3) is 0 Å². The molecule has 0 aromatic rings. The third kappa shape index (κ3) is 1.71. The minimum atomic E-state index is -0.265. The van der Waals surface area contributed by atoms with Crippen molar-refractivity contribution < 1.29 is 14.3 Å². The molecule has 0 N–H and O–H groups in total. The molecular weight excluding hydrogens is 216 g/mol. The molecule has 6 atom stereocenters. The van der Waals surface area contributed by atoms with E-state index in [-0.39, 0.29) is 12.1 Å². The quantitative estimate of drug-likeness (QED) is 0.544. The molecule has 94 valence electrons. The summed E-state index contributed by atoms with van der Waals surface area (Å²) in [6.07, 6.45) is 5.18. The number of ether oxygens (including phenoxy) is 2. The number of carbonyl (C=O) groups excluding carboxylic acids is 1. The van der Waals surface area contributed by atoms with Gasteiger partial charge in [-0.05, 0) is 49.9 Å². The zero-order chi connectivity index (χ0) is 12.0. The van der Waals surface area contributed by atoms with Crippen LogP contribution in [0.2, 0.25) is 0 Å². The van der Waals surface area contributed by atoms with Crippen LogP contribution in [0.25, 0.3) is 0 Å². The average molecular weight is 236 g/mol. The van der Waals surface area contributed by atoms with Gasteiger partial charge in [-0.1, -0.05) is 6.58 Å². The SMILES string of the molecule is C=CC(=O)OC1CC2CC1C1CCOC(C)C21. The molecule has 0 aromatic carbocycles. The summed E-state index contributed by atoms with van der Waals surface area (Å²) in [5.41, 5.74) is 0. The van der Waals surface area contributed by atoms with Crippen LogP contribution in [-0.2, 0) is 14.3 Å². The molecule has 3 rings (SSSR count). The summed E-state index contributed by atoms with van der Waals surface area (Å²) >= 11 is 0. The van der Waals surface area contributed by atoms with Crippen LogP contribution in [-0.4, -0.2) is 24.8 Å². The summed E-state index contributed by atoms with van der Waals surface area (Å²) in [5.74, 6) is 2.41. The number of hydrogen-bond donors (Lipinski definition) is 0. The van der Waals surface area contributed by atoms with Crippen molar-refractivity contribution in [2.45, 2.75) is 38.4 Å². The smallest absolute Gasteiger partial charge is 0.330 e. The monoisotopic (exact) mass is 236 g/mol. The molecule has 2 bridgehead atoms. The van der Waals surface area contributed by atoms with E-state index in [4.69, 9.17) is 9.47 Å². The van der Waals surface area contributed by atoms with Gasteiger partial charge in [-0.15, -0.1) is 0 Å². The molecule has 2 aliphatic carbocycles. The Balaban J connectivity index is 1.72. The van der Waals surface area contributed by atoms with Crippen molar-refractivity contribution in [3.63, 3.8) is 0 Å². The first-order valence-corrected chi connectivity index (χ1v) is 6.65. The van der Waals surface area contributed by atoms with Gasteiger partial charge in [-0.2, -0.15) is 0 Å². The topological polar surface area (TPSA) is 35.5 Å². The van der Waals surface area contributed by atoms with Crippen molar-refractivity contribution >= 4 is 5.97 Å². The molecule has 3 aliphatic rings. The number of rotatable bonds is 2. The fourth-order valence-corrected chi connectivity index (χ4v) is 4.44. The largest absolute Gasteiger partial charge is 0.459 e. The minimum absolute atomic E-state index is 0.136. The van der Waals surface area contributed by atoms with Crippen LogP contribution in [0.3, 0.4) is 0 Å². The molecule has 0 spiro atoms. The third-order valence-electron chi connectivity index (χ3n) is 4.98. The predicted octanol–water partition coefficient (Wildman–Crippen LogP) is 2.17. The van der Waals surface area contributed by atoms with E-state index in [1.807, 2.05) is 0 Å². The van der Waals surface area contributed by atoms with E-state index in [0.717, 1.165) is 19.4 Å². The maximum Gasteiger partial charge on any atom is 0.330 e. The molecule has 1 heterocycles. The zero-order valence-corrected chi connectivity index (χ0v) is 10.3. The van der Waals surface area contributed by atoms with Gasteiger partial charge in [-0.25, -0.2) is 4.79 Å². The van der Waals surface area contributed by atoms with Gasteiger partial charge in [-0.3, -0.25) is 0 Å². The average Bonchev–Trinajstić information content (AvgIpc) is 2.87. The molecule has 1 aliphatic heterocycles. The Hall–Kier alpha value is -0.830. The standard InChI is InChI=1S/C14H20O3/c1-3-13(15)17-12-7-9-6-11(12)10-4-5-16-8(2)14(9)10/h3,8-12,14H,1,4-7H2,2H3. The maximum atomic E-state index is 11.3. The van der Waals surface area contributed by atoms with E-state index in [1.54, 1.807) is 0 Å². The van der Waals surface area contributed by atoms with E-state index < -0.39 is 0 Å². The maximum absolute atomic E-state index is 11.3. The van der Waals surface area contributed by atoms with Crippen molar-refractivity contribution in [3.8, 4) is 0 Å². The fraction of sp³-hybridized carbons (Fsp3) is 0.786. The third-order valence-corrected chi connectivity index (χ3v) is 4.98. The van der Waals surface area contributed by atoms with Gasteiger partial charge in [0.1, 0.15) is 6.10 Å². The molecule has 3 fully saturated rings. The second-order valence-corrected chi connectivity index (χ2v) is 5.68. The van der Waals surface area contributed by atoms with Crippen molar-refractivity contribution in [1.29, 1.82) is 0 Å². The molecule has 3 heteroatoms. The normalized spacial score (nSPS) is 47.6. The molecule has 3 nitrogen and oxygen atoms in total. The lowest BCUT2D eigenvalue weighted by atomic mass is 9.72. The summed E-state index contributed by atoms with van der Waals surface area (Å²) in [6, 6.07) is 0.